The molecule has 2 heterocycles. The molecule has 2 aromatic heterocycles. The zero-order chi connectivity index (χ0) is 9.26. The lowest BCUT2D eigenvalue weighted by Crippen LogP contribution is -1.95. The van der Waals surface area contributed by atoms with Crippen molar-refractivity contribution in [3.8, 4) is 11.4 Å². The van der Waals surface area contributed by atoms with E-state index in [2.05, 4.69) is 9.97 Å². The van der Waals surface area contributed by atoms with Gasteiger partial charge >= 0.3 is 5.97 Å². The number of carbonyl (C=O) groups is 1. The molecule has 0 aliphatic heterocycles. The van der Waals surface area contributed by atoms with Crippen molar-refractivity contribution in [2.75, 3.05) is 0 Å². The Morgan fingerprint density at radius 1 is 1.38 bits per heavy atom. The molecule has 0 aliphatic rings. The maximum absolute atomic E-state index is 10.7. The molecule has 0 radical (unpaired) electrons. The van der Waals surface area contributed by atoms with E-state index >= 15 is 0 Å². The summed E-state index contributed by atoms with van der Waals surface area (Å²) in [5, 5.41) is 10.6. The summed E-state index contributed by atoms with van der Waals surface area (Å²) in [6.07, 6.45) is 0. The van der Waals surface area contributed by atoms with Crippen LogP contribution in [0.5, 0.6) is 0 Å². The Balaban J connectivity index is 2.52. The third-order valence-electron chi connectivity index (χ3n) is 1.44. The van der Waals surface area contributed by atoms with E-state index in [0.717, 1.165) is 11.3 Å². The highest BCUT2D eigenvalue weighted by Crippen LogP contribution is 2.24. The van der Waals surface area contributed by atoms with Crippen LogP contribution in [0.2, 0.25) is 0 Å². The minimum Gasteiger partial charge on any atom is -0.477 e. The van der Waals surface area contributed by atoms with Gasteiger partial charge in [0.1, 0.15) is 16.3 Å². The Morgan fingerprint density at radius 2 is 2.23 bits per heavy atom. The topological polar surface area (TPSA) is 63.1 Å². The van der Waals surface area contributed by atoms with Gasteiger partial charge in [-0.05, 0) is 0 Å². The van der Waals surface area contributed by atoms with Crippen LogP contribution in [0, 0.1) is 0 Å². The van der Waals surface area contributed by atoms with Crippen LogP contribution in [0.15, 0.2) is 16.4 Å². The number of hydrogen-bond donors (Lipinski definition) is 1. The zero-order valence-corrected chi connectivity index (χ0v) is 7.93. The second-order valence-electron chi connectivity index (χ2n) is 2.21. The standard InChI is InChI=1S/C7H4N2O2S2/c10-7(11)6-5(9-3-13-6)4-1-12-2-8-4/h1-3H,(H,10,11). The fourth-order valence-electron chi connectivity index (χ4n) is 0.910. The van der Waals surface area contributed by atoms with E-state index in [-0.39, 0.29) is 4.88 Å². The molecule has 0 fully saturated rings. The third kappa shape index (κ3) is 1.45. The van der Waals surface area contributed by atoms with Crippen LogP contribution >= 0.6 is 22.7 Å². The van der Waals surface area contributed by atoms with Gasteiger partial charge in [-0.1, -0.05) is 0 Å². The molecule has 0 saturated carbocycles. The molecule has 0 aliphatic carbocycles. The molecular weight excluding hydrogens is 208 g/mol. The molecule has 66 valence electrons. The molecule has 0 unspecified atom stereocenters. The smallest absolute Gasteiger partial charge is 0.348 e. The van der Waals surface area contributed by atoms with Gasteiger partial charge in [0.2, 0.25) is 0 Å². The normalized spacial score (nSPS) is 10.2. The Bertz CT molecular complexity index is 421. The van der Waals surface area contributed by atoms with E-state index in [1.54, 1.807) is 10.9 Å². The Kier molecular flexibility index (Phi) is 2.07. The molecule has 0 bridgehead atoms. The molecule has 0 atom stereocenters. The first-order valence-electron chi connectivity index (χ1n) is 3.34. The highest BCUT2D eigenvalue weighted by Gasteiger charge is 2.15. The average molecular weight is 212 g/mol. The van der Waals surface area contributed by atoms with Crippen LogP contribution in [-0.4, -0.2) is 21.0 Å². The van der Waals surface area contributed by atoms with Crippen molar-refractivity contribution in [1.82, 2.24) is 9.97 Å². The first-order chi connectivity index (χ1) is 6.29. The Hall–Kier alpha value is -1.27. The molecule has 6 heteroatoms. The summed E-state index contributed by atoms with van der Waals surface area (Å²) in [5.74, 6) is -0.953. The molecule has 2 rings (SSSR count). The van der Waals surface area contributed by atoms with Crippen molar-refractivity contribution in [3.63, 3.8) is 0 Å². The summed E-state index contributed by atoms with van der Waals surface area (Å²) >= 11 is 2.53. The van der Waals surface area contributed by atoms with Gasteiger partial charge in [0.05, 0.1) is 11.0 Å². The minimum absolute atomic E-state index is 0.242. The van der Waals surface area contributed by atoms with Gasteiger partial charge in [-0.3, -0.25) is 0 Å². The monoisotopic (exact) mass is 212 g/mol. The largest absolute Gasteiger partial charge is 0.477 e. The van der Waals surface area contributed by atoms with Crippen LogP contribution in [0.1, 0.15) is 9.67 Å². The maximum atomic E-state index is 10.7. The molecule has 0 amide bonds. The SMILES string of the molecule is O=C(O)c1scnc1-c1cscn1. The minimum atomic E-state index is -0.953. The second-order valence-corrected chi connectivity index (χ2v) is 3.78. The molecule has 13 heavy (non-hydrogen) atoms. The van der Waals surface area contributed by atoms with Gasteiger partial charge in [-0.2, -0.15) is 0 Å². The molecule has 0 aromatic carbocycles. The summed E-state index contributed by atoms with van der Waals surface area (Å²) in [6.45, 7) is 0. The lowest BCUT2D eigenvalue weighted by Gasteiger charge is -1.91. The first kappa shape index (κ1) is 8.33. The predicted molar refractivity (Wildman–Crippen MR) is 50.2 cm³/mol. The Morgan fingerprint density at radius 3 is 2.85 bits per heavy atom. The summed E-state index contributed by atoms with van der Waals surface area (Å²) in [4.78, 5) is 18.9. The van der Waals surface area contributed by atoms with Crippen molar-refractivity contribution in [2.24, 2.45) is 0 Å². The fourth-order valence-corrected chi connectivity index (χ4v) is 2.08. The maximum Gasteiger partial charge on any atom is 0.348 e. The molecule has 2 aromatic rings. The average Bonchev–Trinajstić information content (AvgIpc) is 2.74. The number of nitrogens with zero attached hydrogens (tertiary/aromatic N) is 2. The summed E-state index contributed by atoms with van der Waals surface area (Å²) in [7, 11) is 0. The quantitative estimate of drug-likeness (QED) is 0.826. The number of carboxylic acids is 1. The summed E-state index contributed by atoms with van der Waals surface area (Å²) in [6, 6.07) is 0. The van der Waals surface area contributed by atoms with E-state index in [1.807, 2.05) is 0 Å². The van der Waals surface area contributed by atoms with Gasteiger partial charge in [-0.25, -0.2) is 14.8 Å². The summed E-state index contributed by atoms with van der Waals surface area (Å²) in [5.41, 5.74) is 4.25. The lowest BCUT2D eigenvalue weighted by atomic mass is 10.3. The predicted octanol–water partition coefficient (Wildman–Crippen LogP) is 1.96. The van der Waals surface area contributed by atoms with Crippen LogP contribution < -0.4 is 0 Å². The van der Waals surface area contributed by atoms with E-state index in [1.165, 1.54) is 16.8 Å². The molecule has 1 N–H and O–H groups in total. The molecular formula is C7H4N2O2S2. The van der Waals surface area contributed by atoms with Crippen molar-refractivity contribution < 1.29 is 9.90 Å². The van der Waals surface area contributed by atoms with E-state index in [4.69, 9.17) is 5.11 Å². The van der Waals surface area contributed by atoms with Crippen LogP contribution in [0.4, 0.5) is 0 Å². The fraction of sp³-hybridized carbons (Fsp3) is 0. The number of thiazole rings is 2. The van der Waals surface area contributed by atoms with E-state index < -0.39 is 5.97 Å². The van der Waals surface area contributed by atoms with Crippen LogP contribution in [-0.2, 0) is 0 Å². The van der Waals surface area contributed by atoms with Crippen molar-refractivity contribution in [1.29, 1.82) is 0 Å². The molecule has 0 spiro atoms. The van der Waals surface area contributed by atoms with Crippen LogP contribution in [0.3, 0.4) is 0 Å². The summed E-state index contributed by atoms with van der Waals surface area (Å²) < 4.78 is 0. The zero-order valence-electron chi connectivity index (χ0n) is 6.30. The van der Waals surface area contributed by atoms with E-state index in [0.29, 0.717) is 11.4 Å². The van der Waals surface area contributed by atoms with Gasteiger partial charge in [0.25, 0.3) is 0 Å². The highest BCUT2D eigenvalue weighted by atomic mass is 32.1. The van der Waals surface area contributed by atoms with Gasteiger partial charge in [0.15, 0.2) is 0 Å². The number of rotatable bonds is 2. The Labute approximate surface area is 81.5 Å². The van der Waals surface area contributed by atoms with Gasteiger partial charge < -0.3 is 5.11 Å². The second kappa shape index (κ2) is 3.23. The van der Waals surface area contributed by atoms with Crippen molar-refractivity contribution >= 4 is 28.6 Å². The molecule has 4 nitrogen and oxygen atoms in total. The number of aromatic nitrogens is 2. The van der Waals surface area contributed by atoms with Gasteiger partial charge in [0, 0.05) is 5.38 Å². The highest BCUT2D eigenvalue weighted by molar-refractivity contribution is 7.12. The lowest BCUT2D eigenvalue weighted by molar-refractivity contribution is 0.0702. The third-order valence-corrected chi connectivity index (χ3v) is 2.84. The first-order valence-corrected chi connectivity index (χ1v) is 5.16. The van der Waals surface area contributed by atoms with Crippen molar-refractivity contribution in [3.05, 3.63) is 21.3 Å². The number of aromatic carboxylic acids is 1. The number of carboxylic acid groups (broad SMARTS) is 1. The molecule has 0 saturated heterocycles. The van der Waals surface area contributed by atoms with Crippen molar-refractivity contribution in [2.45, 2.75) is 0 Å². The van der Waals surface area contributed by atoms with Gasteiger partial charge in [-0.15, -0.1) is 22.7 Å². The number of hydrogen-bond acceptors (Lipinski definition) is 5. The van der Waals surface area contributed by atoms with Crippen LogP contribution in [0.25, 0.3) is 11.4 Å². The van der Waals surface area contributed by atoms with E-state index in [9.17, 15) is 4.79 Å².